The van der Waals surface area contributed by atoms with E-state index in [-0.39, 0.29) is 24.4 Å². The largest absolute Gasteiger partial charge is 0.444 e. The molecule has 0 bridgehead atoms. The van der Waals surface area contributed by atoms with Gasteiger partial charge in [-0.3, -0.25) is 10.1 Å². The van der Waals surface area contributed by atoms with Crippen LogP contribution in [0.1, 0.15) is 27.2 Å². The molecule has 1 aromatic rings. The second kappa shape index (κ2) is 7.04. The van der Waals surface area contributed by atoms with Crippen molar-refractivity contribution in [1.82, 2.24) is 5.32 Å². The summed E-state index contributed by atoms with van der Waals surface area (Å²) in [5.74, 6) is 0. The molecule has 1 saturated heterocycles. The maximum atomic E-state index is 11.9. The quantitative estimate of drug-likeness (QED) is 0.643. The number of rotatable bonds is 4. The lowest BCUT2D eigenvalue weighted by Gasteiger charge is -2.24. The van der Waals surface area contributed by atoms with E-state index in [2.05, 4.69) is 5.32 Å². The predicted octanol–water partition coefficient (Wildman–Crippen LogP) is 2.06. The average Bonchev–Trinajstić information content (AvgIpc) is 2.87. The number of hydrogen-bond donors (Lipinski definition) is 2. The third-order valence-corrected chi connectivity index (χ3v) is 3.73. The molecular weight excluding hydrogens is 314 g/mol. The summed E-state index contributed by atoms with van der Waals surface area (Å²) >= 11 is 0. The third-order valence-electron chi connectivity index (χ3n) is 3.73. The minimum Gasteiger partial charge on any atom is -0.444 e. The summed E-state index contributed by atoms with van der Waals surface area (Å²) in [5, 5.41) is 23.6. The number of nitro groups is 1. The molecule has 1 aromatic carbocycles. The molecule has 1 aliphatic heterocycles. The van der Waals surface area contributed by atoms with E-state index in [1.165, 1.54) is 6.07 Å². The highest BCUT2D eigenvalue weighted by Crippen LogP contribution is 2.33. The number of nitro benzene ring substituents is 1. The fraction of sp³-hybridized carbons (Fsp3) is 0.562. The summed E-state index contributed by atoms with van der Waals surface area (Å²) in [7, 11) is 0. The topological polar surface area (TPSA) is 105 Å². The fourth-order valence-electron chi connectivity index (χ4n) is 2.83. The van der Waals surface area contributed by atoms with Gasteiger partial charge in [0.25, 0.3) is 5.69 Å². The Bertz CT molecular complexity index is 614. The SMILES string of the molecule is CC(C)(C)OC(=O)N[C@H]1C[C@@H](CO)N(c2ccccc2[N+](=O)[O-])C1. The number of nitrogens with zero attached hydrogens (tertiary/aromatic N) is 2. The van der Waals surface area contributed by atoms with Gasteiger partial charge in [-0.1, -0.05) is 12.1 Å². The maximum Gasteiger partial charge on any atom is 0.407 e. The van der Waals surface area contributed by atoms with Crippen LogP contribution in [-0.2, 0) is 4.74 Å². The van der Waals surface area contributed by atoms with Gasteiger partial charge < -0.3 is 20.1 Å². The zero-order chi connectivity index (χ0) is 17.9. The summed E-state index contributed by atoms with van der Waals surface area (Å²) in [5.41, 5.74) is -0.180. The van der Waals surface area contributed by atoms with E-state index in [0.717, 1.165) is 0 Å². The minimum atomic E-state index is -0.600. The summed E-state index contributed by atoms with van der Waals surface area (Å²) in [6.07, 6.45) is -0.0458. The van der Waals surface area contributed by atoms with E-state index in [4.69, 9.17) is 4.74 Å². The molecule has 24 heavy (non-hydrogen) atoms. The molecule has 0 aromatic heterocycles. The van der Waals surface area contributed by atoms with E-state index < -0.39 is 16.6 Å². The predicted molar refractivity (Wildman–Crippen MR) is 89.1 cm³/mol. The molecule has 8 nitrogen and oxygen atoms in total. The van der Waals surface area contributed by atoms with E-state index in [0.29, 0.717) is 18.7 Å². The van der Waals surface area contributed by atoms with Gasteiger partial charge in [-0.05, 0) is 33.3 Å². The number of alkyl carbamates (subject to hydrolysis) is 1. The van der Waals surface area contributed by atoms with Crippen molar-refractivity contribution in [1.29, 1.82) is 0 Å². The normalized spacial score (nSPS) is 20.8. The van der Waals surface area contributed by atoms with Crippen LogP contribution >= 0.6 is 0 Å². The van der Waals surface area contributed by atoms with Crippen molar-refractivity contribution in [2.24, 2.45) is 0 Å². The number of ether oxygens (including phenoxy) is 1. The van der Waals surface area contributed by atoms with Crippen molar-refractivity contribution in [3.63, 3.8) is 0 Å². The number of aliphatic hydroxyl groups excluding tert-OH is 1. The number of nitrogens with one attached hydrogen (secondary N) is 1. The highest BCUT2D eigenvalue weighted by molar-refractivity contribution is 5.69. The van der Waals surface area contributed by atoms with Gasteiger partial charge in [-0.25, -0.2) is 4.79 Å². The first-order valence-corrected chi connectivity index (χ1v) is 7.81. The number of para-hydroxylation sites is 2. The lowest BCUT2D eigenvalue weighted by atomic mass is 10.1. The highest BCUT2D eigenvalue weighted by Gasteiger charge is 2.36. The van der Waals surface area contributed by atoms with Crippen molar-refractivity contribution >= 4 is 17.5 Å². The molecular formula is C16H23N3O5. The van der Waals surface area contributed by atoms with Crippen LogP contribution < -0.4 is 10.2 Å². The Morgan fingerprint density at radius 3 is 2.71 bits per heavy atom. The van der Waals surface area contributed by atoms with Crippen LogP contribution in [0.15, 0.2) is 24.3 Å². The van der Waals surface area contributed by atoms with Crippen LogP contribution in [0.4, 0.5) is 16.2 Å². The van der Waals surface area contributed by atoms with Gasteiger partial charge in [0.05, 0.1) is 23.6 Å². The first kappa shape index (κ1) is 18.0. The summed E-state index contributed by atoms with van der Waals surface area (Å²) in [6, 6.07) is 5.84. The maximum absolute atomic E-state index is 11.9. The molecule has 8 heteroatoms. The van der Waals surface area contributed by atoms with E-state index in [1.807, 2.05) is 0 Å². The second-order valence-corrected chi connectivity index (χ2v) is 6.81. The number of hydrogen-bond acceptors (Lipinski definition) is 6. The monoisotopic (exact) mass is 337 g/mol. The van der Waals surface area contributed by atoms with Crippen LogP contribution in [0.5, 0.6) is 0 Å². The number of amides is 1. The van der Waals surface area contributed by atoms with Crippen LogP contribution in [0.25, 0.3) is 0 Å². The van der Waals surface area contributed by atoms with Gasteiger partial charge in [0.1, 0.15) is 11.3 Å². The molecule has 0 saturated carbocycles. The Balaban J connectivity index is 2.13. The van der Waals surface area contributed by atoms with E-state index in [9.17, 15) is 20.0 Å². The van der Waals surface area contributed by atoms with Gasteiger partial charge in [0, 0.05) is 12.6 Å². The molecule has 1 heterocycles. The number of carbonyl (C=O) groups excluding carboxylic acids is 1. The van der Waals surface area contributed by atoms with Crippen LogP contribution in [-0.4, -0.2) is 47.0 Å². The van der Waals surface area contributed by atoms with Crippen LogP contribution in [0.3, 0.4) is 0 Å². The van der Waals surface area contributed by atoms with E-state index >= 15 is 0 Å². The molecule has 132 valence electrons. The van der Waals surface area contributed by atoms with Crippen molar-refractivity contribution in [2.45, 2.75) is 44.9 Å². The van der Waals surface area contributed by atoms with Gasteiger partial charge in [-0.15, -0.1) is 0 Å². The Morgan fingerprint density at radius 1 is 1.46 bits per heavy atom. The standard InChI is InChI=1S/C16H23N3O5/c1-16(2,3)24-15(21)17-11-8-12(10-20)18(9-11)13-6-4-5-7-14(13)19(22)23/h4-7,11-12,20H,8-10H2,1-3H3,(H,17,21)/t11-,12-/m0/s1. The first-order chi connectivity index (χ1) is 11.2. The van der Waals surface area contributed by atoms with Crippen LogP contribution in [0.2, 0.25) is 0 Å². The average molecular weight is 337 g/mol. The zero-order valence-corrected chi connectivity index (χ0v) is 14.1. The molecule has 1 amide bonds. The van der Waals surface area contributed by atoms with Gasteiger partial charge >= 0.3 is 6.09 Å². The lowest BCUT2D eigenvalue weighted by molar-refractivity contribution is -0.384. The smallest absolute Gasteiger partial charge is 0.407 e. The second-order valence-electron chi connectivity index (χ2n) is 6.81. The van der Waals surface area contributed by atoms with Crippen molar-refractivity contribution in [2.75, 3.05) is 18.1 Å². The van der Waals surface area contributed by atoms with Gasteiger partial charge in [-0.2, -0.15) is 0 Å². The van der Waals surface area contributed by atoms with Crippen molar-refractivity contribution in [3.8, 4) is 0 Å². The molecule has 2 rings (SSSR count). The van der Waals surface area contributed by atoms with Crippen molar-refractivity contribution in [3.05, 3.63) is 34.4 Å². The number of benzene rings is 1. The fourth-order valence-corrected chi connectivity index (χ4v) is 2.83. The Morgan fingerprint density at radius 2 is 2.12 bits per heavy atom. The molecule has 0 unspecified atom stereocenters. The molecule has 0 aliphatic carbocycles. The van der Waals surface area contributed by atoms with Gasteiger partial charge in [0.15, 0.2) is 0 Å². The number of aliphatic hydroxyl groups is 1. The summed E-state index contributed by atoms with van der Waals surface area (Å²) < 4.78 is 5.23. The molecule has 0 radical (unpaired) electrons. The van der Waals surface area contributed by atoms with Crippen LogP contribution in [0, 0.1) is 10.1 Å². The minimum absolute atomic E-state index is 0.0196. The number of anilines is 1. The Kier molecular flexibility index (Phi) is 5.28. The summed E-state index contributed by atoms with van der Waals surface area (Å²) in [6.45, 7) is 5.54. The first-order valence-electron chi connectivity index (χ1n) is 7.81. The Hall–Kier alpha value is -2.35. The molecule has 1 aliphatic rings. The number of carbonyl (C=O) groups is 1. The third kappa shape index (κ3) is 4.35. The zero-order valence-electron chi connectivity index (χ0n) is 14.1. The molecule has 2 atom stereocenters. The van der Waals surface area contributed by atoms with Gasteiger partial charge in [0.2, 0.25) is 0 Å². The Labute approximate surface area is 140 Å². The van der Waals surface area contributed by atoms with E-state index in [1.54, 1.807) is 43.9 Å². The lowest BCUT2D eigenvalue weighted by Crippen LogP contribution is -2.40. The highest BCUT2D eigenvalue weighted by atomic mass is 16.6. The molecule has 1 fully saturated rings. The van der Waals surface area contributed by atoms with Crippen molar-refractivity contribution < 1.29 is 19.6 Å². The molecule has 2 N–H and O–H groups in total. The molecule has 0 spiro atoms. The summed E-state index contributed by atoms with van der Waals surface area (Å²) in [4.78, 5) is 24.4.